The molecule has 0 aliphatic rings. The number of nitrogens with one attached hydrogen (secondary N) is 1. The van der Waals surface area contributed by atoms with Crippen LogP contribution in [-0.2, 0) is 0 Å². The summed E-state index contributed by atoms with van der Waals surface area (Å²) >= 11 is 0. The molecule has 0 aliphatic heterocycles. The minimum atomic E-state index is -4.20. The van der Waals surface area contributed by atoms with E-state index in [2.05, 4.69) is 15.5 Å². The summed E-state index contributed by atoms with van der Waals surface area (Å²) < 4.78 is 38.2. The molecule has 0 spiro atoms. The van der Waals surface area contributed by atoms with Crippen molar-refractivity contribution >= 4 is 5.52 Å². The number of hydrazine groups is 1. The van der Waals surface area contributed by atoms with Gasteiger partial charge in [0.05, 0.1) is 24.0 Å². The van der Waals surface area contributed by atoms with Crippen molar-refractivity contribution in [3.05, 3.63) is 30.4 Å². The van der Waals surface area contributed by atoms with Crippen molar-refractivity contribution in [2.24, 2.45) is 5.84 Å². The first-order valence-corrected chi connectivity index (χ1v) is 5.31. The fourth-order valence-corrected chi connectivity index (χ4v) is 1.76. The van der Waals surface area contributed by atoms with Gasteiger partial charge >= 0.3 is 6.18 Å². The van der Waals surface area contributed by atoms with Crippen molar-refractivity contribution in [2.45, 2.75) is 25.1 Å². The fourth-order valence-electron chi connectivity index (χ4n) is 1.76. The monoisotopic (exact) mass is 259 g/mol. The average Bonchev–Trinajstić information content (AvgIpc) is 2.73. The van der Waals surface area contributed by atoms with Gasteiger partial charge in [-0.1, -0.05) is 0 Å². The molecule has 2 aromatic rings. The first-order valence-electron chi connectivity index (χ1n) is 5.31. The highest BCUT2D eigenvalue weighted by molar-refractivity contribution is 5.53. The standard InChI is InChI=1S/C10H12F3N5/c11-10(12,13)2-1-8(17-14)7-5-16-18-4-3-15-6-9(7)18/h3-6,8,17H,1-2,14H2. The van der Waals surface area contributed by atoms with Crippen LogP contribution in [0.25, 0.3) is 5.52 Å². The van der Waals surface area contributed by atoms with Crippen molar-refractivity contribution in [3.8, 4) is 0 Å². The third-order valence-electron chi connectivity index (χ3n) is 2.65. The van der Waals surface area contributed by atoms with Gasteiger partial charge in [-0.15, -0.1) is 0 Å². The minimum Gasteiger partial charge on any atom is -0.271 e. The molecule has 2 aromatic heterocycles. The minimum absolute atomic E-state index is 0.143. The molecular weight excluding hydrogens is 247 g/mol. The Labute approximate surface area is 101 Å². The van der Waals surface area contributed by atoms with Crippen LogP contribution in [0, 0.1) is 0 Å². The van der Waals surface area contributed by atoms with Crippen LogP contribution in [0.2, 0.25) is 0 Å². The molecular formula is C10H12F3N5. The van der Waals surface area contributed by atoms with E-state index >= 15 is 0 Å². The summed E-state index contributed by atoms with van der Waals surface area (Å²) in [5.74, 6) is 5.31. The van der Waals surface area contributed by atoms with E-state index in [0.717, 1.165) is 0 Å². The van der Waals surface area contributed by atoms with Gasteiger partial charge in [0.15, 0.2) is 0 Å². The molecule has 1 atom stereocenters. The number of rotatable bonds is 4. The molecule has 0 amide bonds. The maximum Gasteiger partial charge on any atom is 0.389 e. The van der Waals surface area contributed by atoms with E-state index in [1.54, 1.807) is 23.1 Å². The van der Waals surface area contributed by atoms with Gasteiger partial charge in [-0.3, -0.25) is 16.3 Å². The Morgan fingerprint density at radius 3 is 2.83 bits per heavy atom. The van der Waals surface area contributed by atoms with Crippen molar-refractivity contribution in [2.75, 3.05) is 0 Å². The number of fused-ring (bicyclic) bond motifs is 1. The van der Waals surface area contributed by atoms with Crippen molar-refractivity contribution < 1.29 is 13.2 Å². The van der Waals surface area contributed by atoms with E-state index in [1.165, 1.54) is 6.20 Å². The second kappa shape index (κ2) is 4.91. The Bertz CT molecular complexity index is 521. The third kappa shape index (κ3) is 2.77. The number of nitrogens with zero attached hydrogens (tertiary/aromatic N) is 3. The predicted octanol–water partition coefficient (Wildman–Crippen LogP) is 1.58. The van der Waals surface area contributed by atoms with Crippen LogP contribution < -0.4 is 11.3 Å². The number of alkyl halides is 3. The molecule has 1 unspecified atom stereocenters. The Hall–Kier alpha value is -1.67. The Morgan fingerprint density at radius 2 is 2.17 bits per heavy atom. The lowest BCUT2D eigenvalue weighted by atomic mass is 10.0. The lowest BCUT2D eigenvalue weighted by molar-refractivity contribution is -0.136. The first-order chi connectivity index (χ1) is 8.51. The van der Waals surface area contributed by atoms with E-state index in [-0.39, 0.29) is 6.42 Å². The van der Waals surface area contributed by atoms with Crippen LogP contribution in [0.15, 0.2) is 24.8 Å². The van der Waals surface area contributed by atoms with E-state index in [0.29, 0.717) is 11.1 Å². The van der Waals surface area contributed by atoms with E-state index in [1.807, 2.05) is 0 Å². The van der Waals surface area contributed by atoms with E-state index in [9.17, 15) is 13.2 Å². The lowest BCUT2D eigenvalue weighted by Gasteiger charge is -2.15. The Kier molecular flexibility index (Phi) is 3.48. The fraction of sp³-hybridized carbons (Fsp3) is 0.400. The van der Waals surface area contributed by atoms with Crippen molar-refractivity contribution in [3.63, 3.8) is 0 Å². The second-order valence-corrected chi connectivity index (χ2v) is 3.88. The SMILES string of the molecule is NNC(CCC(F)(F)F)c1cnn2ccncc12. The van der Waals surface area contributed by atoms with Gasteiger partial charge in [-0.25, -0.2) is 4.52 Å². The summed E-state index contributed by atoms with van der Waals surface area (Å²) in [5, 5.41) is 4.03. The summed E-state index contributed by atoms with van der Waals surface area (Å²) in [5.41, 5.74) is 3.64. The highest BCUT2D eigenvalue weighted by atomic mass is 19.4. The van der Waals surface area contributed by atoms with Gasteiger partial charge in [0, 0.05) is 24.4 Å². The van der Waals surface area contributed by atoms with Crippen LogP contribution in [0.1, 0.15) is 24.4 Å². The molecule has 0 saturated carbocycles. The van der Waals surface area contributed by atoms with Crippen LogP contribution in [-0.4, -0.2) is 20.8 Å². The second-order valence-electron chi connectivity index (χ2n) is 3.88. The summed E-state index contributed by atoms with van der Waals surface area (Å²) in [6.45, 7) is 0. The molecule has 2 heterocycles. The third-order valence-corrected chi connectivity index (χ3v) is 2.65. The van der Waals surface area contributed by atoms with E-state index in [4.69, 9.17) is 5.84 Å². The topological polar surface area (TPSA) is 68.2 Å². The Balaban J connectivity index is 2.22. The molecule has 18 heavy (non-hydrogen) atoms. The predicted molar refractivity (Wildman–Crippen MR) is 58.3 cm³/mol. The van der Waals surface area contributed by atoms with E-state index < -0.39 is 18.6 Å². The summed E-state index contributed by atoms with van der Waals surface area (Å²) in [6.07, 6.45) is 0.963. The Morgan fingerprint density at radius 1 is 1.39 bits per heavy atom. The van der Waals surface area contributed by atoms with Crippen molar-refractivity contribution in [1.29, 1.82) is 0 Å². The number of nitrogens with two attached hydrogens (primary N) is 1. The van der Waals surface area contributed by atoms with Crippen LogP contribution in [0.3, 0.4) is 0 Å². The largest absolute Gasteiger partial charge is 0.389 e. The summed E-state index contributed by atoms with van der Waals surface area (Å²) in [4.78, 5) is 3.92. The van der Waals surface area contributed by atoms with Crippen LogP contribution in [0.5, 0.6) is 0 Å². The van der Waals surface area contributed by atoms with Gasteiger partial charge in [0.2, 0.25) is 0 Å². The maximum atomic E-state index is 12.2. The highest BCUT2D eigenvalue weighted by Gasteiger charge is 2.29. The zero-order chi connectivity index (χ0) is 13.2. The maximum absolute atomic E-state index is 12.2. The average molecular weight is 259 g/mol. The first kappa shape index (κ1) is 12.8. The smallest absolute Gasteiger partial charge is 0.271 e. The lowest BCUT2D eigenvalue weighted by Crippen LogP contribution is -2.29. The molecule has 0 bridgehead atoms. The van der Waals surface area contributed by atoms with Gasteiger partial charge in [-0.2, -0.15) is 18.3 Å². The van der Waals surface area contributed by atoms with Gasteiger partial charge in [0.25, 0.3) is 0 Å². The van der Waals surface area contributed by atoms with Crippen molar-refractivity contribution in [1.82, 2.24) is 20.0 Å². The molecule has 8 heteroatoms. The number of aromatic nitrogens is 3. The number of halogens is 3. The molecule has 5 nitrogen and oxygen atoms in total. The molecule has 0 aliphatic carbocycles. The molecule has 0 fully saturated rings. The van der Waals surface area contributed by atoms with Gasteiger partial charge in [0.1, 0.15) is 0 Å². The molecule has 0 radical (unpaired) electrons. The molecule has 2 rings (SSSR count). The number of hydrogen-bond acceptors (Lipinski definition) is 4. The normalized spacial score (nSPS) is 14.0. The summed E-state index contributed by atoms with van der Waals surface area (Å²) in [6, 6.07) is -0.603. The molecule has 0 aromatic carbocycles. The van der Waals surface area contributed by atoms with Crippen LogP contribution >= 0.6 is 0 Å². The zero-order valence-corrected chi connectivity index (χ0v) is 9.35. The summed E-state index contributed by atoms with van der Waals surface area (Å²) in [7, 11) is 0. The number of hydrogen-bond donors (Lipinski definition) is 2. The van der Waals surface area contributed by atoms with Gasteiger partial charge < -0.3 is 0 Å². The quantitative estimate of drug-likeness (QED) is 0.646. The molecule has 0 saturated heterocycles. The van der Waals surface area contributed by atoms with Gasteiger partial charge in [-0.05, 0) is 6.42 Å². The highest BCUT2D eigenvalue weighted by Crippen LogP contribution is 2.28. The molecule has 3 N–H and O–H groups in total. The molecule has 98 valence electrons. The zero-order valence-electron chi connectivity index (χ0n) is 9.35. The van der Waals surface area contributed by atoms with Crippen LogP contribution in [0.4, 0.5) is 13.2 Å².